The number of amides is 1. The van der Waals surface area contributed by atoms with E-state index >= 15 is 0 Å². The maximum Gasteiger partial charge on any atom is 0.253 e. The van der Waals surface area contributed by atoms with E-state index in [1.807, 2.05) is 68.4 Å². The van der Waals surface area contributed by atoms with E-state index < -0.39 is 0 Å². The third-order valence-corrected chi connectivity index (χ3v) is 5.23. The second kappa shape index (κ2) is 9.47. The second-order valence-electron chi connectivity index (χ2n) is 7.63. The Labute approximate surface area is 187 Å². The maximum atomic E-state index is 12.8. The number of carbonyl (C=O) groups excluding carboxylic acids is 1. The largest absolute Gasteiger partial charge is 0.493 e. The number of nitrogens with zero attached hydrogens (tertiary/aromatic N) is 2. The first-order chi connectivity index (χ1) is 15.5. The van der Waals surface area contributed by atoms with Crippen molar-refractivity contribution in [2.24, 2.45) is 0 Å². The van der Waals surface area contributed by atoms with Gasteiger partial charge in [0.1, 0.15) is 6.61 Å². The maximum absolute atomic E-state index is 12.8. The lowest BCUT2D eigenvalue weighted by atomic mass is 10.1. The van der Waals surface area contributed by atoms with E-state index in [0.717, 1.165) is 27.6 Å². The van der Waals surface area contributed by atoms with E-state index in [1.54, 1.807) is 19.5 Å². The lowest BCUT2D eigenvalue weighted by molar-refractivity contribution is 0.0950. The number of benzene rings is 2. The molecule has 6 nitrogen and oxygen atoms in total. The average Bonchev–Trinajstić information content (AvgIpc) is 2.81. The Bertz CT molecular complexity index is 1260. The Hall–Kier alpha value is -3.93. The van der Waals surface area contributed by atoms with Crippen LogP contribution in [0.2, 0.25) is 0 Å². The lowest BCUT2D eigenvalue weighted by Crippen LogP contribution is -2.24. The molecule has 1 amide bonds. The monoisotopic (exact) mass is 427 g/mol. The molecule has 0 aliphatic carbocycles. The van der Waals surface area contributed by atoms with Crippen molar-refractivity contribution in [1.29, 1.82) is 0 Å². The van der Waals surface area contributed by atoms with Crippen LogP contribution in [0.4, 0.5) is 0 Å². The van der Waals surface area contributed by atoms with E-state index in [0.29, 0.717) is 35.9 Å². The predicted octanol–water partition coefficient (Wildman–Crippen LogP) is 4.76. The predicted molar refractivity (Wildman–Crippen MR) is 124 cm³/mol. The zero-order chi connectivity index (χ0) is 22.5. The van der Waals surface area contributed by atoms with Crippen molar-refractivity contribution in [3.63, 3.8) is 0 Å². The van der Waals surface area contributed by atoms with Crippen molar-refractivity contribution < 1.29 is 14.3 Å². The van der Waals surface area contributed by atoms with Gasteiger partial charge in [0.05, 0.1) is 23.9 Å². The van der Waals surface area contributed by atoms with Gasteiger partial charge in [0.25, 0.3) is 5.91 Å². The molecule has 2 heterocycles. The molecule has 0 aliphatic rings. The first-order valence-electron chi connectivity index (χ1n) is 10.4. The molecular weight excluding hydrogens is 402 g/mol. The third-order valence-electron chi connectivity index (χ3n) is 5.23. The molecule has 1 N–H and O–H groups in total. The van der Waals surface area contributed by atoms with Gasteiger partial charge in [-0.15, -0.1) is 0 Å². The van der Waals surface area contributed by atoms with Crippen LogP contribution < -0.4 is 14.8 Å². The molecule has 32 heavy (non-hydrogen) atoms. The minimum absolute atomic E-state index is 0.157. The van der Waals surface area contributed by atoms with Crippen LogP contribution in [0.25, 0.3) is 10.9 Å². The second-order valence-corrected chi connectivity index (χ2v) is 7.63. The summed E-state index contributed by atoms with van der Waals surface area (Å²) in [6.45, 7) is 4.66. The molecule has 0 fully saturated rings. The fraction of sp³-hybridized carbons (Fsp3) is 0.192. The molecule has 0 bridgehead atoms. The van der Waals surface area contributed by atoms with E-state index in [-0.39, 0.29) is 5.91 Å². The van der Waals surface area contributed by atoms with Gasteiger partial charge in [-0.05, 0) is 67.4 Å². The van der Waals surface area contributed by atoms with Gasteiger partial charge in [0.2, 0.25) is 0 Å². The Morgan fingerprint density at radius 2 is 1.75 bits per heavy atom. The highest BCUT2D eigenvalue weighted by atomic mass is 16.5. The van der Waals surface area contributed by atoms with Gasteiger partial charge >= 0.3 is 0 Å². The fourth-order valence-electron chi connectivity index (χ4n) is 3.48. The third kappa shape index (κ3) is 4.86. The van der Waals surface area contributed by atoms with Crippen LogP contribution in [0, 0.1) is 13.8 Å². The number of rotatable bonds is 7. The molecule has 2 aromatic carbocycles. The summed E-state index contributed by atoms with van der Waals surface area (Å²) in [5.41, 5.74) is 5.23. The van der Waals surface area contributed by atoms with E-state index in [1.165, 1.54) is 0 Å². The van der Waals surface area contributed by atoms with Crippen molar-refractivity contribution >= 4 is 16.8 Å². The van der Waals surface area contributed by atoms with Gasteiger partial charge < -0.3 is 14.8 Å². The van der Waals surface area contributed by atoms with Crippen molar-refractivity contribution in [3.05, 3.63) is 94.9 Å². The molecular formula is C26H25N3O3. The summed E-state index contributed by atoms with van der Waals surface area (Å²) in [4.78, 5) is 21.4. The van der Waals surface area contributed by atoms with Crippen molar-refractivity contribution in [1.82, 2.24) is 15.3 Å². The number of carbonyl (C=O) groups is 1. The van der Waals surface area contributed by atoms with Gasteiger partial charge in [-0.2, -0.15) is 0 Å². The van der Waals surface area contributed by atoms with Crippen LogP contribution in [0.5, 0.6) is 11.5 Å². The number of fused-ring (bicyclic) bond motifs is 1. The van der Waals surface area contributed by atoms with Crippen molar-refractivity contribution in [2.45, 2.75) is 27.0 Å². The number of aryl methyl sites for hydroxylation is 2. The standard InChI is InChI=1S/C26H25N3O3/c1-17-4-6-23-21(12-17)14-22(18(2)29-23)26(30)28-15-20-5-7-24(25(13-20)31-3)32-16-19-8-10-27-11-9-19/h4-14H,15-16H2,1-3H3,(H,28,30). The van der Waals surface area contributed by atoms with E-state index in [2.05, 4.69) is 15.3 Å². The molecule has 0 radical (unpaired) electrons. The molecule has 0 aliphatic heterocycles. The average molecular weight is 428 g/mol. The van der Waals surface area contributed by atoms with Gasteiger partial charge in [-0.1, -0.05) is 17.7 Å². The van der Waals surface area contributed by atoms with Gasteiger partial charge in [-0.25, -0.2) is 0 Å². The highest BCUT2D eigenvalue weighted by Gasteiger charge is 2.13. The van der Waals surface area contributed by atoms with Gasteiger partial charge in [0, 0.05) is 24.3 Å². The van der Waals surface area contributed by atoms with Crippen LogP contribution in [0.15, 0.2) is 67.0 Å². The first-order valence-corrected chi connectivity index (χ1v) is 10.4. The van der Waals surface area contributed by atoms with Crippen LogP contribution >= 0.6 is 0 Å². The molecule has 0 atom stereocenters. The molecule has 162 valence electrons. The topological polar surface area (TPSA) is 73.3 Å². The van der Waals surface area contributed by atoms with Crippen LogP contribution in [-0.4, -0.2) is 23.0 Å². The molecule has 0 saturated heterocycles. The summed E-state index contributed by atoms with van der Waals surface area (Å²) in [6.07, 6.45) is 3.46. The minimum atomic E-state index is -0.157. The van der Waals surface area contributed by atoms with Crippen molar-refractivity contribution in [3.8, 4) is 11.5 Å². The molecule has 0 spiro atoms. The summed E-state index contributed by atoms with van der Waals surface area (Å²) in [6, 6.07) is 17.4. The number of aromatic nitrogens is 2. The number of hydrogen-bond donors (Lipinski definition) is 1. The molecule has 4 rings (SSSR count). The Morgan fingerprint density at radius 1 is 0.938 bits per heavy atom. The lowest BCUT2D eigenvalue weighted by Gasteiger charge is -2.13. The van der Waals surface area contributed by atoms with Crippen molar-refractivity contribution in [2.75, 3.05) is 7.11 Å². The normalized spacial score (nSPS) is 10.7. The summed E-state index contributed by atoms with van der Waals surface area (Å²) in [7, 11) is 1.60. The van der Waals surface area contributed by atoms with Crippen LogP contribution in [-0.2, 0) is 13.2 Å². The number of hydrogen-bond acceptors (Lipinski definition) is 5. The van der Waals surface area contributed by atoms with E-state index in [4.69, 9.17) is 9.47 Å². The summed E-state index contributed by atoms with van der Waals surface area (Å²) in [5.74, 6) is 1.10. The zero-order valence-electron chi connectivity index (χ0n) is 18.4. The number of ether oxygens (including phenoxy) is 2. The Balaban J connectivity index is 1.44. The van der Waals surface area contributed by atoms with Gasteiger partial charge in [0.15, 0.2) is 11.5 Å². The number of pyridine rings is 2. The number of methoxy groups -OCH3 is 1. The number of nitrogens with one attached hydrogen (secondary N) is 1. The highest BCUT2D eigenvalue weighted by Crippen LogP contribution is 2.29. The van der Waals surface area contributed by atoms with Crippen LogP contribution in [0.1, 0.15) is 32.7 Å². The zero-order valence-corrected chi connectivity index (χ0v) is 18.4. The summed E-state index contributed by atoms with van der Waals surface area (Å²) < 4.78 is 11.4. The Kier molecular flexibility index (Phi) is 6.31. The summed E-state index contributed by atoms with van der Waals surface area (Å²) >= 11 is 0. The van der Waals surface area contributed by atoms with Crippen LogP contribution in [0.3, 0.4) is 0 Å². The highest BCUT2D eigenvalue weighted by molar-refractivity contribution is 5.98. The SMILES string of the molecule is COc1cc(CNC(=O)c2cc3cc(C)ccc3nc2C)ccc1OCc1ccncc1. The Morgan fingerprint density at radius 3 is 2.53 bits per heavy atom. The first kappa shape index (κ1) is 21.3. The molecule has 4 aromatic rings. The smallest absolute Gasteiger partial charge is 0.253 e. The van der Waals surface area contributed by atoms with E-state index in [9.17, 15) is 4.79 Å². The quantitative estimate of drug-likeness (QED) is 0.460. The molecule has 2 aromatic heterocycles. The summed E-state index contributed by atoms with van der Waals surface area (Å²) in [5, 5.41) is 3.94. The molecule has 6 heteroatoms. The minimum Gasteiger partial charge on any atom is -0.493 e. The van der Waals surface area contributed by atoms with Gasteiger partial charge in [-0.3, -0.25) is 14.8 Å². The fourth-order valence-corrected chi connectivity index (χ4v) is 3.48. The molecule has 0 unspecified atom stereocenters. The molecule has 0 saturated carbocycles.